The van der Waals surface area contributed by atoms with E-state index in [9.17, 15) is 13.2 Å². The lowest BCUT2D eigenvalue weighted by Crippen LogP contribution is -2.39. The van der Waals surface area contributed by atoms with E-state index in [1.807, 2.05) is 30.3 Å². The number of ketones is 1. The predicted octanol–water partition coefficient (Wildman–Crippen LogP) is 3.05. The monoisotopic (exact) mass is 359 g/mol. The third-order valence-electron chi connectivity index (χ3n) is 4.36. The van der Waals surface area contributed by atoms with Gasteiger partial charge in [0.15, 0.2) is 5.78 Å². The van der Waals surface area contributed by atoms with E-state index in [1.54, 1.807) is 18.2 Å². The lowest BCUT2D eigenvalue weighted by Gasteiger charge is -2.31. The van der Waals surface area contributed by atoms with Crippen LogP contribution >= 0.6 is 0 Å². The summed E-state index contributed by atoms with van der Waals surface area (Å²) in [6, 6.07) is 14.9. The van der Waals surface area contributed by atoms with Gasteiger partial charge in [0.25, 0.3) is 0 Å². The molecule has 1 aliphatic rings. The van der Waals surface area contributed by atoms with E-state index in [1.165, 1.54) is 11.4 Å². The number of fused-ring (bicyclic) bond motifs is 1. The summed E-state index contributed by atoms with van der Waals surface area (Å²) < 4.78 is 32.4. The van der Waals surface area contributed by atoms with Gasteiger partial charge in [0.2, 0.25) is 10.0 Å². The van der Waals surface area contributed by atoms with Crippen LogP contribution in [0.2, 0.25) is 0 Å². The van der Waals surface area contributed by atoms with Gasteiger partial charge in [0.05, 0.1) is 12.9 Å². The maximum absolute atomic E-state index is 12.9. The standard InChI is InChI=1S/C19H21NO4S/c1-24-18-11-5-10-16-17(21)12-13-20(19(16)18)25(22,23)14-6-9-15-7-3-2-4-8-15/h2-5,7-8,10-11H,6,9,12-14H2,1H3. The highest BCUT2D eigenvalue weighted by Gasteiger charge is 2.33. The van der Waals surface area contributed by atoms with Crippen molar-refractivity contribution >= 4 is 21.5 Å². The van der Waals surface area contributed by atoms with Crippen molar-refractivity contribution in [1.82, 2.24) is 0 Å². The molecule has 0 bridgehead atoms. The number of sulfonamides is 1. The maximum atomic E-state index is 12.9. The molecule has 1 aliphatic heterocycles. The van der Waals surface area contributed by atoms with Crippen molar-refractivity contribution in [2.45, 2.75) is 19.3 Å². The van der Waals surface area contributed by atoms with Crippen molar-refractivity contribution in [3.63, 3.8) is 0 Å². The van der Waals surface area contributed by atoms with Gasteiger partial charge in [-0.15, -0.1) is 0 Å². The number of methoxy groups -OCH3 is 1. The fraction of sp³-hybridized carbons (Fsp3) is 0.316. The first-order valence-electron chi connectivity index (χ1n) is 8.27. The molecule has 0 aliphatic carbocycles. The Kier molecular flexibility index (Phi) is 5.08. The van der Waals surface area contributed by atoms with Crippen molar-refractivity contribution in [1.29, 1.82) is 0 Å². The fourth-order valence-corrected chi connectivity index (χ4v) is 4.68. The number of benzene rings is 2. The van der Waals surface area contributed by atoms with Crippen LogP contribution in [-0.2, 0) is 16.4 Å². The molecule has 0 amide bonds. The van der Waals surface area contributed by atoms with Crippen molar-refractivity contribution < 1.29 is 17.9 Å². The average Bonchev–Trinajstić information content (AvgIpc) is 2.62. The average molecular weight is 359 g/mol. The summed E-state index contributed by atoms with van der Waals surface area (Å²) in [6.45, 7) is 0.167. The van der Waals surface area contributed by atoms with Crippen molar-refractivity contribution in [2.24, 2.45) is 0 Å². The smallest absolute Gasteiger partial charge is 0.235 e. The number of para-hydroxylation sites is 1. The molecule has 0 fully saturated rings. The van der Waals surface area contributed by atoms with E-state index in [4.69, 9.17) is 4.74 Å². The Morgan fingerprint density at radius 2 is 1.84 bits per heavy atom. The molecule has 25 heavy (non-hydrogen) atoms. The van der Waals surface area contributed by atoms with Gasteiger partial charge in [-0.05, 0) is 30.5 Å². The third kappa shape index (κ3) is 3.69. The highest BCUT2D eigenvalue weighted by atomic mass is 32.2. The minimum absolute atomic E-state index is 0.0353. The number of ether oxygens (including phenoxy) is 1. The second-order valence-electron chi connectivity index (χ2n) is 6.01. The molecule has 0 radical (unpaired) electrons. The number of hydrogen-bond acceptors (Lipinski definition) is 4. The number of hydrogen-bond donors (Lipinski definition) is 0. The van der Waals surface area contributed by atoms with Crippen LogP contribution in [-0.4, -0.2) is 33.6 Å². The SMILES string of the molecule is COc1cccc2c1N(S(=O)(=O)CCCc1ccccc1)CCC2=O. The summed E-state index contributed by atoms with van der Waals surface area (Å²) in [4.78, 5) is 12.1. The van der Waals surface area contributed by atoms with E-state index < -0.39 is 10.0 Å². The molecule has 0 saturated heterocycles. The Labute approximate surface area is 148 Å². The molecule has 0 aromatic heterocycles. The molecule has 6 heteroatoms. The second kappa shape index (κ2) is 7.27. The zero-order valence-corrected chi connectivity index (χ0v) is 15.0. The quantitative estimate of drug-likeness (QED) is 0.795. The summed E-state index contributed by atoms with van der Waals surface area (Å²) in [7, 11) is -2.04. The second-order valence-corrected chi connectivity index (χ2v) is 8.02. The van der Waals surface area contributed by atoms with Crippen molar-refractivity contribution in [3.05, 3.63) is 59.7 Å². The number of anilines is 1. The molecule has 2 aromatic carbocycles. The van der Waals surface area contributed by atoms with E-state index in [2.05, 4.69) is 0 Å². The van der Waals surface area contributed by atoms with E-state index in [0.717, 1.165) is 5.56 Å². The van der Waals surface area contributed by atoms with Crippen LogP contribution in [0.15, 0.2) is 48.5 Å². The van der Waals surface area contributed by atoms with Crippen molar-refractivity contribution in [2.75, 3.05) is 23.7 Å². The summed E-state index contributed by atoms with van der Waals surface area (Å²) in [6.07, 6.45) is 1.42. The third-order valence-corrected chi connectivity index (χ3v) is 6.20. The minimum Gasteiger partial charge on any atom is -0.495 e. The van der Waals surface area contributed by atoms with Crippen LogP contribution in [0.3, 0.4) is 0 Å². The van der Waals surface area contributed by atoms with Gasteiger partial charge in [-0.3, -0.25) is 9.10 Å². The number of Topliss-reactive ketones (excluding diaryl/α,β-unsaturated/α-hetero) is 1. The highest BCUT2D eigenvalue weighted by molar-refractivity contribution is 7.92. The van der Waals surface area contributed by atoms with Crippen molar-refractivity contribution in [3.8, 4) is 5.75 Å². The molecule has 5 nitrogen and oxygen atoms in total. The van der Waals surface area contributed by atoms with Gasteiger partial charge in [-0.2, -0.15) is 0 Å². The van der Waals surface area contributed by atoms with E-state index in [0.29, 0.717) is 29.8 Å². The van der Waals surface area contributed by atoms with Crippen LogP contribution in [0, 0.1) is 0 Å². The number of aryl methyl sites for hydroxylation is 1. The number of nitrogens with zero attached hydrogens (tertiary/aromatic N) is 1. The number of rotatable bonds is 6. The van der Waals surface area contributed by atoms with Crippen LogP contribution in [0.5, 0.6) is 5.75 Å². The first-order valence-corrected chi connectivity index (χ1v) is 9.88. The molecule has 0 N–H and O–H groups in total. The summed E-state index contributed by atoms with van der Waals surface area (Å²) in [5.74, 6) is 0.398. The number of carbonyl (C=O) groups is 1. The van der Waals surface area contributed by atoms with E-state index >= 15 is 0 Å². The van der Waals surface area contributed by atoms with Gasteiger partial charge >= 0.3 is 0 Å². The normalized spacial score (nSPS) is 14.3. The first-order chi connectivity index (χ1) is 12.0. The van der Waals surface area contributed by atoms with E-state index in [-0.39, 0.29) is 24.5 Å². The summed E-state index contributed by atoms with van der Waals surface area (Å²) >= 11 is 0. The maximum Gasteiger partial charge on any atom is 0.235 e. The zero-order valence-electron chi connectivity index (χ0n) is 14.1. The number of carbonyl (C=O) groups excluding carboxylic acids is 1. The van der Waals surface area contributed by atoms with Crippen LogP contribution in [0.25, 0.3) is 0 Å². The van der Waals surface area contributed by atoms with Gasteiger partial charge in [-0.25, -0.2) is 8.42 Å². The Hall–Kier alpha value is -2.34. The lowest BCUT2D eigenvalue weighted by molar-refractivity contribution is 0.0981. The summed E-state index contributed by atoms with van der Waals surface area (Å²) in [5.41, 5.74) is 1.91. The Morgan fingerprint density at radius 1 is 1.08 bits per heavy atom. The minimum atomic E-state index is -3.52. The molecule has 0 spiro atoms. The molecular formula is C19H21NO4S. The lowest BCUT2D eigenvalue weighted by atomic mass is 10.0. The Balaban J connectivity index is 1.81. The predicted molar refractivity (Wildman–Crippen MR) is 97.8 cm³/mol. The summed E-state index contributed by atoms with van der Waals surface area (Å²) in [5, 5.41) is 0. The van der Waals surface area contributed by atoms with Crippen LogP contribution in [0.4, 0.5) is 5.69 Å². The molecule has 0 saturated carbocycles. The largest absolute Gasteiger partial charge is 0.495 e. The topological polar surface area (TPSA) is 63.7 Å². The molecule has 3 rings (SSSR count). The Morgan fingerprint density at radius 3 is 2.56 bits per heavy atom. The van der Waals surface area contributed by atoms with Crippen LogP contribution < -0.4 is 9.04 Å². The molecule has 2 aromatic rings. The zero-order chi connectivity index (χ0) is 17.9. The first kappa shape index (κ1) is 17.5. The molecular weight excluding hydrogens is 338 g/mol. The highest BCUT2D eigenvalue weighted by Crippen LogP contribution is 2.37. The molecule has 0 atom stereocenters. The Bertz CT molecular complexity index is 862. The molecule has 0 unspecified atom stereocenters. The van der Waals surface area contributed by atoms with Gasteiger partial charge < -0.3 is 4.74 Å². The molecule has 132 valence electrons. The van der Waals surface area contributed by atoms with Gasteiger partial charge in [0, 0.05) is 18.5 Å². The van der Waals surface area contributed by atoms with Crippen LogP contribution in [0.1, 0.15) is 28.8 Å². The fourth-order valence-electron chi connectivity index (χ4n) is 3.11. The van der Waals surface area contributed by atoms with Gasteiger partial charge in [0.1, 0.15) is 11.4 Å². The molecule has 1 heterocycles. The van der Waals surface area contributed by atoms with Gasteiger partial charge in [-0.1, -0.05) is 36.4 Å².